The van der Waals surface area contributed by atoms with Crippen molar-refractivity contribution in [2.24, 2.45) is 5.73 Å². The first-order chi connectivity index (χ1) is 7.61. The number of nitrogens with zero attached hydrogens (tertiary/aromatic N) is 2. The number of carbonyl (C=O) groups excluding carboxylic acids is 1. The molecule has 1 aliphatic rings. The van der Waals surface area contributed by atoms with Crippen molar-refractivity contribution in [1.82, 2.24) is 5.01 Å². The minimum Gasteiger partial charge on any atom is -0.364 e. The zero-order chi connectivity index (χ0) is 11.7. The number of amides is 1. The number of rotatable bonds is 2. The van der Waals surface area contributed by atoms with Crippen molar-refractivity contribution in [2.45, 2.75) is 5.50 Å². The van der Waals surface area contributed by atoms with Crippen LogP contribution in [0, 0.1) is 0 Å². The number of primary amides is 1. The van der Waals surface area contributed by atoms with E-state index in [0.29, 0.717) is 5.70 Å². The lowest BCUT2D eigenvalue weighted by molar-refractivity contribution is -0.114. The van der Waals surface area contributed by atoms with E-state index in [2.05, 4.69) is 0 Å². The summed E-state index contributed by atoms with van der Waals surface area (Å²) in [6.07, 6.45) is 1.64. The fourth-order valence-electron chi connectivity index (χ4n) is 1.67. The molecule has 0 fully saturated rings. The number of likely N-dealkylation sites (N-methyl/N-ethyl adjacent to an activating group) is 1. The number of hydrazine groups is 1. The van der Waals surface area contributed by atoms with Gasteiger partial charge in [-0.2, -0.15) is 5.01 Å². The second-order valence-electron chi connectivity index (χ2n) is 3.51. The van der Waals surface area contributed by atoms with Crippen LogP contribution in [-0.4, -0.2) is 23.5 Å². The predicted molar refractivity (Wildman–Crippen MR) is 63.6 cm³/mol. The van der Waals surface area contributed by atoms with E-state index in [4.69, 9.17) is 17.3 Å². The van der Waals surface area contributed by atoms with Crippen LogP contribution in [0.2, 0.25) is 0 Å². The first-order valence-electron chi connectivity index (χ1n) is 4.85. The fraction of sp³-hybridized carbons (Fsp3) is 0.182. The topological polar surface area (TPSA) is 49.6 Å². The Labute approximate surface area is 98.9 Å². The molecule has 0 radical (unpaired) electrons. The lowest BCUT2D eigenvalue weighted by Gasteiger charge is -2.29. The third-order valence-corrected chi connectivity index (χ3v) is 2.86. The summed E-state index contributed by atoms with van der Waals surface area (Å²) >= 11 is 6.05. The number of hydrogen-bond donors (Lipinski definition) is 1. The molecule has 1 aliphatic heterocycles. The van der Waals surface area contributed by atoms with Gasteiger partial charge in [0.05, 0.1) is 5.69 Å². The van der Waals surface area contributed by atoms with E-state index >= 15 is 0 Å². The van der Waals surface area contributed by atoms with Gasteiger partial charge in [0.15, 0.2) is 0 Å². The average Bonchev–Trinajstić information content (AvgIpc) is 2.57. The van der Waals surface area contributed by atoms with Gasteiger partial charge in [-0.15, -0.1) is 0 Å². The van der Waals surface area contributed by atoms with Crippen LogP contribution < -0.4 is 10.7 Å². The average molecular weight is 238 g/mol. The Morgan fingerprint density at radius 2 is 2.00 bits per heavy atom. The number of para-hydroxylation sites is 1. The predicted octanol–water partition coefficient (Wildman–Crippen LogP) is 1.29. The zero-order valence-corrected chi connectivity index (χ0v) is 9.56. The molecule has 1 amide bonds. The van der Waals surface area contributed by atoms with Crippen LogP contribution in [0.5, 0.6) is 0 Å². The molecule has 84 valence electrons. The summed E-state index contributed by atoms with van der Waals surface area (Å²) < 4.78 is 0. The zero-order valence-electron chi connectivity index (χ0n) is 8.80. The van der Waals surface area contributed by atoms with Crippen LogP contribution in [-0.2, 0) is 4.79 Å². The minimum atomic E-state index is -0.487. The van der Waals surface area contributed by atoms with Crippen LogP contribution >= 0.6 is 11.6 Å². The molecule has 1 aromatic rings. The number of hydrogen-bond acceptors (Lipinski definition) is 3. The SMILES string of the molecule is CN1C(Cl)C=C(C(N)=O)N1c1ccccc1. The molecule has 5 heteroatoms. The number of anilines is 1. The van der Waals surface area contributed by atoms with Crippen molar-refractivity contribution < 1.29 is 4.79 Å². The van der Waals surface area contributed by atoms with Crippen LogP contribution in [0.4, 0.5) is 5.69 Å². The molecule has 1 atom stereocenters. The second-order valence-corrected chi connectivity index (χ2v) is 3.96. The largest absolute Gasteiger partial charge is 0.364 e. The standard InChI is InChI=1S/C11H12ClN3O/c1-14-10(12)7-9(11(13)16)15(14)8-5-3-2-4-6-8/h2-7,10H,1H3,(H2,13,16). The van der Waals surface area contributed by atoms with E-state index in [9.17, 15) is 4.79 Å². The highest BCUT2D eigenvalue weighted by atomic mass is 35.5. The smallest absolute Gasteiger partial charge is 0.266 e. The summed E-state index contributed by atoms with van der Waals surface area (Å²) in [5.41, 5.74) is 6.21. The van der Waals surface area contributed by atoms with Gasteiger partial charge in [-0.05, 0) is 18.2 Å². The van der Waals surface area contributed by atoms with Gasteiger partial charge in [-0.25, -0.2) is 0 Å². The number of benzene rings is 1. The van der Waals surface area contributed by atoms with Gasteiger partial charge in [0.1, 0.15) is 11.2 Å². The van der Waals surface area contributed by atoms with Crippen molar-refractivity contribution in [2.75, 3.05) is 12.1 Å². The van der Waals surface area contributed by atoms with E-state index in [-0.39, 0.29) is 5.50 Å². The molecular weight excluding hydrogens is 226 g/mol. The number of halogens is 1. The molecule has 1 aromatic carbocycles. The van der Waals surface area contributed by atoms with Gasteiger partial charge in [0.2, 0.25) is 0 Å². The maximum Gasteiger partial charge on any atom is 0.266 e. The number of carbonyl (C=O) groups is 1. The lowest BCUT2D eigenvalue weighted by atomic mass is 10.3. The molecule has 0 aliphatic carbocycles. The minimum absolute atomic E-state index is 0.359. The van der Waals surface area contributed by atoms with Crippen LogP contribution in [0.25, 0.3) is 0 Å². The second kappa shape index (κ2) is 4.15. The number of nitrogens with two attached hydrogens (primary N) is 1. The summed E-state index contributed by atoms with van der Waals surface area (Å²) in [5, 5.41) is 3.46. The molecule has 0 spiro atoms. The van der Waals surface area contributed by atoms with Gasteiger partial charge < -0.3 is 5.73 Å². The van der Waals surface area contributed by atoms with Crippen molar-refractivity contribution in [3.8, 4) is 0 Å². The summed E-state index contributed by atoms with van der Waals surface area (Å²) in [6.45, 7) is 0. The molecule has 0 bridgehead atoms. The maximum atomic E-state index is 11.3. The highest BCUT2D eigenvalue weighted by molar-refractivity contribution is 6.22. The molecular formula is C11H12ClN3O. The molecule has 0 saturated heterocycles. The molecule has 4 nitrogen and oxygen atoms in total. The molecule has 1 unspecified atom stereocenters. The summed E-state index contributed by atoms with van der Waals surface area (Å²) in [7, 11) is 1.80. The van der Waals surface area contributed by atoms with Gasteiger partial charge in [-0.1, -0.05) is 29.8 Å². The van der Waals surface area contributed by atoms with E-state index in [1.807, 2.05) is 30.3 Å². The normalized spacial score (nSPS) is 21.0. The van der Waals surface area contributed by atoms with E-state index in [1.165, 1.54) is 0 Å². The van der Waals surface area contributed by atoms with Gasteiger partial charge >= 0.3 is 0 Å². The summed E-state index contributed by atoms with van der Waals surface area (Å²) in [4.78, 5) is 11.3. The maximum absolute atomic E-state index is 11.3. The lowest BCUT2D eigenvalue weighted by Crippen LogP contribution is -2.40. The first kappa shape index (κ1) is 11.0. The van der Waals surface area contributed by atoms with Gasteiger partial charge in [0.25, 0.3) is 5.91 Å². The third kappa shape index (κ3) is 1.77. The monoisotopic (exact) mass is 237 g/mol. The highest BCUT2D eigenvalue weighted by Crippen LogP contribution is 2.29. The number of alkyl halides is 1. The molecule has 2 N–H and O–H groups in total. The van der Waals surface area contributed by atoms with E-state index in [1.54, 1.807) is 23.1 Å². The Hall–Kier alpha value is -1.52. The van der Waals surface area contributed by atoms with Crippen molar-refractivity contribution in [3.05, 3.63) is 42.1 Å². The van der Waals surface area contributed by atoms with Crippen molar-refractivity contribution in [3.63, 3.8) is 0 Å². The van der Waals surface area contributed by atoms with Gasteiger partial charge in [-0.3, -0.25) is 9.80 Å². The summed E-state index contributed by atoms with van der Waals surface area (Å²) in [6, 6.07) is 9.47. The fourth-order valence-corrected chi connectivity index (χ4v) is 1.87. The van der Waals surface area contributed by atoms with Crippen LogP contribution in [0.15, 0.2) is 42.1 Å². The Morgan fingerprint density at radius 1 is 1.38 bits per heavy atom. The van der Waals surface area contributed by atoms with Crippen LogP contribution in [0.3, 0.4) is 0 Å². The van der Waals surface area contributed by atoms with Crippen LogP contribution in [0.1, 0.15) is 0 Å². The molecule has 0 saturated carbocycles. The van der Waals surface area contributed by atoms with E-state index < -0.39 is 5.91 Å². The Morgan fingerprint density at radius 3 is 2.56 bits per heavy atom. The third-order valence-electron chi connectivity index (χ3n) is 2.45. The Balaban J connectivity index is 2.40. The van der Waals surface area contributed by atoms with Crippen molar-refractivity contribution in [1.29, 1.82) is 0 Å². The summed E-state index contributed by atoms with van der Waals surface area (Å²) in [5.74, 6) is -0.487. The van der Waals surface area contributed by atoms with Gasteiger partial charge in [0, 0.05) is 7.05 Å². The first-order valence-corrected chi connectivity index (χ1v) is 5.28. The molecule has 16 heavy (non-hydrogen) atoms. The Kier molecular flexibility index (Phi) is 2.85. The molecule has 1 heterocycles. The molecule has 0 aromatic heterocycles. The quantitative estimate of drug-likeness (QED) is 0.623. The van der Waals surface area contributed by atoms with Crippen molar-refractivity contribution >= 4 is 23.2 Å². The molecule has 2 rings (SSSR count). The highest BCUT2D eigenvalue weighted by Gasteiger charge is 2.31. The Bertz CT molecular complexity index is 432. The van der Waals surface area contributed by atoms with E-state index in [0.717, 1.165) is 5.69 Å².